The number of aliphatic hydroxyl groups is 1. The molecule has 6 nitrogen and oxygen atoms in total. The van der Waals surface area contributed by atoms with Crippen molar-refractivity contribution in [2.45, 2.75) is 51.2 Å². The number of ether oxygens (including phenoxy) is 1. The summed E-state index contributed by atoms with van der Waals surface area (Å²) < 4.78 is 6.01. The van der Waals surface area contributed by atoms with E-state index < -0.39 is 5.54 Å². The van der Waals surface area contributed by atoms with Crippen molar-refractivity contribution in [3.05, 3.63) is 29.8 Å². The third-order valence-electron chi connectivity index (χ3n) is 4.95. The lowest BCUT2D eigenvalue weighted by atomic mass is 10.1. The van der Waals surface area contributed by atoms with E-state index in [9.17, 15) is 14.7 Å². The molecule has 142 valence electrons. The van der Waals surface area contributed by atoms with E-state index in [1.165, 1.54) is 0 Å². The zero-order valence-corrected chi connectivity index (χ0v) is 15.5. The first-order chi connectivity index (χ1) is 12.4. The van der Waals surface area contributed by atoms with Gasteiger partial charge in [-0.15, -0.1) is 0 Å². The highest BCUT2D eigenvalue weighted by Gasteiger charge is 2.35. The van der Waals surface area contributed by atoms with Crippen LogP contribution in [-0.4, -0.2) is 53.2 Å². The molecule has 6 heteroatoms. The number of hydrogen-bond acceptors (Lipinski definition) is 4. The van der Waals surface area contributed by atoms with Gasteiger partial charge in [0.25, 0.3) is 5.91 Å². The summed E-state index contributed by atoms with van der Waals surface area (Å²) in [5, 5.41) is 12.0. The number of piperidine rings is 1. The van der Waals surface area contributed by atoms with Gasteiger partial charge in [0.15, 0.2) is 0 Å². The van der Waals surface area contributed by atoms with Gasteiger partial charge in [-0.3, -0.25) is 9.59 Å². The molecule has 1 saturated carbocycles. The summed E-state index contributed by atoms with van der Waals surface area (Å²) in [6, 6.07) is 7.04. The van der Waals surface area contributed by atoms with Crippen LogP contribution in [0, 0.1) is 5.92 Å². The Bertz CT molecular complexity index is 644. The summed E-state index contributed by atoms with van der Waals surface area (Å²) >= 11 is 0. The predicted molar refractivity (Wildman–Crippen MR) is 98.0 cm³/mol. The molecule has 0 bridgehead atoms. The average Bonchev–Trinajstić information content (AvgIpc) is 3.47. The van der Waals surface area contributed by atoms with Crippen LogP contribution in [0.25, 0.3) is 0 Å². The largest absolute Gasteiger partial charge is 0.490 e. The Morgan fingerprint density at radius 2 is 1.77 bits per heavy atom. The minimum absolute atomic E-state index is 0.103. The number of hydrogen-bond donors (Lipinski definition) is 2. The van der Waals surface area contributed by atoms with Crippen molar-refractivity contribution in [1.82, 2.24) is 10.2 Å². The Balaban J connectivity index is 1.49. The van der Waals surface area contributed by atoms with Crippen LogP contribution in [0.15, 0.2) is 24.3 Å². The molecule has 2 fully saturated rings. The molecule has 26 heavy (non-hydrogen) atoms. The van der Waals surface area contributed by atoms with Crippen molar-refractivity contribution in [3.63, 3.8) is 0 Å². The fourth-order valence-corrected chi connectivity index (χ4v) is 3.08. The second-order valence-corrected chi connectivity index (χ2v) is 7.94. The molecule has 0 unspecified atom stereocenters. The number of aliphatic hydroxyl groups excluding tert-OH is 1. The van der Waals surface area contributed by atoms with Crippen LogP contribution in [0.3, 0.4) is 0 Å². The van der Waals surface area contributed by atoms with Crippen LogP contribution in [0.1, 0.15) is 49.9 Å². The predicted octanol–water partition coefficient (Wildman–Crippen LogP) is 1.97. The first-order valence-electron chi connectivity index (χ1n) is 9.37. The number of rotatable bonds is 6. The highest BCUT2D eigenvalue weighted by atomic mass is 16.5. The van der Waals surface area contributed by atoms with Gasteiger partial charge < -0.3 is 20.1 Å². The minimum atomic E-state index is -0.655. The molecule has 1 heterocycles. The molecule has 1 aliphatic carbocycles. The van der Waals surface area contributed by atoms with Crippen LogP contribution in [-0.2, 0) is 4.79 Å². The van der Waals surface area contributed by atoms with Gasteiger partial charge in [0.05, 0.1) is 12.1 Å². The van der Waals surface area contributed by atoms with E-state index in [1.54, 1.807) is 38.1 Å². The van der Waals surface area contributed by atoms with E-state index >= 15 is 0 Å². The van der Waals surface area contributed by atoms with Crippen molar-refractivity contribution in [2.75, 3.05) is 19.7 Å². The van der Waals surface area contributed by atoms with E-state index in [0.717, 1.165) is 44.5 Å². The van der Waals surface area contributed by atoms with E-state index in [-0.39, 0.29) is 24.5 Å². The monoisotopic (exact) mass is 360 g/mol. The average molecular weight is 360 g/mol. The third-order valence-corrected chi connectivity index (χ3v) is 4.95. The summed E-state index contributed by atoms with van der Waals surface area (Å²) in [7, 11) is 0. The van der Waals surface area contributed by atoms with Crippen LogP contribution in [0.4, 0.5) is 0 Å². The molecule has 3 rings (SSSR count). The Kier molecular flexibility index (Phi) is 5.51. The Hall–Kier alpha value is -2.08. The normalized spacial score (nSPS) is 18.5. The van der Waals surface area contributed by atoms with E-state index in [4.69, 9.17) is 4.74 Å². The highest BCUT2D eigenvalue weighted by Crippen LogP contribution is 2.32. The maximum atomic E-state index is 12.2. The maximum Gasteiger partial charge on any atom is 0.251 e. The van der Waals surface area contributed by atoms with Crippen LogP contribution in [0.5, 0.6) is 5.75 Å². The van der Waals surface area contributed by atoms with Crippen molar-refractivity contribution in [3.8, 4) is 5.75 Å². The summed E-state index contributed by atoms with van der Waals surface area (Å²) in [5.41, 5.74) is -0.123. The smallest absolute Gasteiger partial charge is 0.251 e. The van der Waals surface area contributed by atoms with Gasteiger partial charge in [-0.2, -0.15) is 0 Å². The fraction of sp³-hybridized carbons (Fsp3) is 0.600. The number of amides is 2. The molecule has 2 aliphatic rings. The van der Waals surface area contributed by atoms with Gasteiger partial charge in [0, 0.05) is 37.4 Å². The Labute approximate surface area is 154 Å². The minimum Gasteiger partial charge on any atom is -0.490 e. The van der Waals surface area contributed by atoms with Crippen molar-refractivity contribution in [1.29, 1.82) is 0 Å². The van der Waals surface area contributed by atoms with Crippen LogP contribution >= 0.6 is 0 Å². The number of carbonyl (C=O) groups is 2. The number of benzene rings is 1. The highest BCUT2D eigenvalue weighted by molar-refractivity contribution is 5.94. The standard InChI is InChI=1S/C20H28N2O4/c1-20(2,13-23)21-18(24)14-5-7-16(8-6-14)26-17-9-11-22(12-10-17)19(25)15-3-4-15/h5-8,15,17,23H,3-4,9-13H2,1-2H3,(H,21,24). The van der Waals surface area contributed by atoms with Gasteiger partial charge in [-0.25, -0.2) is 0 Å². The Morgan fingerprint density at radius 3 is 2.31 bits per heavy atom. The molecule has 0 aromatic heterocycles. The van der Waals surface area contributed by atoms with E-state index in [1.807, 2.05) is 4.90 Å². The van der Waals surface area contributed by atoms with Crippen LogP contribution in [0.2, 0.25) is 0 Å². The molecule has 2 N–H and O–H groups in total. The zero-order valence-electron chi connectivity index (χ0n) is 15.5. The number of nitrogens with zero attached hydrogens (tertiary/aromatic N) is 1. The molecule has 1 aliphatic heterocycles. The van der Waals surface area contributed by atoms with Crippen LogP contribution < -0.4 is 10.1 Å². The first-order valence-corrected chi connectivity index (χ1v) is 9.37. The lowest BCUT2D eigenvalue weighted by molar-refractivity contribution is -0.134. The molecular weight excluding hydrogens is 332 g/mol. The van der Waals surface area contributed by atoms with Gasteiger partial charge >= 0.3 is 0 Å². The van der Waals surface area contributed by atoms with Gasteiger partial charge in [0.2, 0.25) is 5.91 Å². The summed E-state index contributed by atoms with van der Waals surface area (Å²) in [5.74, 6) is 1.10. The molecule has 1 aromatic carbocycles. The third kappa shape index (κ3) is 4.75. The van der Waals surface area contributed by atoms with Crippen molar-refractivity contribution < 1.29 is 19.4 Å². The molecule has 0 radical (unpaired) electrons. The quantitative estimate of drug-likeness (QED) is 0.813. The molecule has 0 spiro atoms. The lowest BCUT2D eigenvalue weighted by Crippen LogP contribution is -2.46. The topological polar surface area (TPSA) is 78.9 Å². The van der Waals surface area contributed by atoms with E-state index in [2.05, 4.69) is 5.32 Å². The van der Waals surface area contributed by atoms with Gasteiger partial charge in [-0.1, -0.05) is 0 Å². The van der Waals surface area contributed by atoms with Gasteiger partial charge in [0.1, 0.15) is 11.9 Å². The number of nitrogens with one attached hydrogen (secondary N) is 1. The molecule has 1 saturated heterocycles. The summed E-state index contributed by atoms with van der Waals surface area (Å²) in [6.07, 6.45) is 3.87. The zero-order chi connectivity index (χ0) is 18.7. The second kappa shape index (κ2) is 7.66. The fourth-order valence-electron chi connectivity index (χ4n) is 3.08. The molecule has 2 amide bonds. The Morgan fingerprint density at radius 1 is 1.15 bits per heavy atom. The van der Waals surface area contributed by atoms with Crippen molar-refractivity contribution >= 4 is 11.8 Å². The maximum absolute atomic E-state index is 12.2. The lowest BCUT2D eigenvalue weighted by Gasteiger charge is -2.32. The van der Waals surface area contributed by atoms with E-state index in [0.29, 0.717) is 11.5 Å². The second-order valence-electron chi connectivity index (χ2n) is 7.94. The number of likely N-dealkylation sites (tertiary alicyclic amines) is 1. The molecule has 0 atom stereocenters. The van der Waals surface area contributed by atoms with Crippen molar-refractivity contribution in [2.24, 2.45) is 5.92 Å². The molecular formula is C20H28N2O4. The summed E-state index contributed by atoms with van der Waals surface area (Å²) in [4.78, 5) is 26.2. The summed E-state index contributed by atoms with van der Waals surface area (Å²) in [6.45, 7) is 4.93. The first kappa shape index (κ1) is 18.7. The molecule has 1 aromatic rings. The SMILES string of the molecule is CC(C)(CO)NC(=O)c1ccc(OC2CCN(C(=O)C3CC3)CC2)cc1. The number of carbonyl (C=O) groups excluding carboxylic acids is 2. The van der Waals surface area contributed by atoms with Gasteiger partial charge in [-0.05, 0) is 51.0 Å².